The van der Waals surface area contributed by atoms with Crippen LogP contribution in [0.15, 0.2) is 18.2 Å². The van der Waals surface area contributed by atoms with E-state index >= 15 is 0 Å². The second-order valence-electron chi connectivity index (χ2n) is 5.86. The fourth-order valence-corrected chi connectivity index (χ4v) is 2.22. The molecule has 110 valence electrons. The van der Waals surface area contributed by atoms with Crippen molar-refractivity contribution in [2.75, 3.05) is 18.6 Å². The van der Waals surface area contributed by atoms with E-state index in [1.165, 1.54) is 7.11 Å². The molecule has 0 radical (unpaired) electrons. The Morgan fingerprint density at radius 2 is 2.10 bits per heavy atom. The van der Waals surface area contributed by atoms with E-state index in [1.54, 1.807) is 11.0 Å². The van der Waals surface area contributed by atoms with Crippen molar-refractivity contribution in [3.8, 4) is 0 Å². The molecule has 0 saturated carbocycles. The van der Waals surface area contributed by atoms with Gasteiger partial charge < -0.3 is 14.6 Å². The molecule has 1 aromatic rings. The molecule has 1 N–H and O–H groups in total. The van der Waals surface area contributed by atoms with Crippen LogP contribution in [0.2, 0.25) is 0 Å². The molecule has 1 heterocycles. The summed E-state index contributed by atoms with van der Waals surface area (Å²) in [5.74, 6) is 0. The monoisotopic (exact) mass is 279 g/mol. The van der Waals surface area contributed by atoms with E-state index < -0.39 is 11.9 Å². The highest BCUT2D eigenvalue weighted by Crippen LogP contribution is 2.31. The fraction of sp³-hybridized carbons (Fsp3) is 0.533. The second-order valence-corrected chi connectivity index (χ2v) is 5.86. The van der Waals surface area contributed by atoms with Gasteiger partial charge in [-0.05, 0) is 44.9 Å². The average Bonchev–Trinajstić information content (AvgIpc) is 2.78. The number of carbonyl (C=O) groups is 1. The largest absolute Gasteiger partial charge is 0.443 e. The molecule has 1 atom stereocenters. The first-order valence-electron chi connectivity index (χ1n) is 6.66. The summed E-state index contributed by atoms with van der Waals surface area (Å²) in [7, 11) is 1.45. The number of carbonyl (C=O) groups excluding carboxylic acids is 1. The SMILES string of the molecule is COC(O)c1ccc2c(c1)CCN2C(=O)OC(C)(C)C. The number of aliphatic hydroxyl groups excluding tert-OH is 1. The van der Waals surface area contributed by atoms with Crippen molar-refractivity contribution in [2.24, 2.45) is 0 Å². The number of hydrogen-bond acceptors (Lipinski definition) is 4. The normalized spacial score (nSPS) is 15.9. The molecule has 0 aliphatic carbocycles. The third-order valence-electron chi connectivity index (χ3n) is 3.12. The van der Waals surface area contributed by atoms with Crippen LogP contribution in [-0.2, 0) is 15.9 Å². The van der Waals surface area contributed by atoms with Gasteiger partial charge in [0.05, 0.1) is 5.69 Å². The summed E-state index contributed by atoms with van der Waals surface area (Å²) in [6.45, 7) is 6.14. The van der Waals surface area contributed by atoms with E-state index in [2.05, 4.69) is 0 Å². The summed E-state index contributed by atoms with van der Waals surface area (Å²) in [6, 6.07) is 5.45. The number of rotatable bonds is 2. The maximum atomic E-state index is 12.1. The topological polar surface area (TPSA) is 59.0 Å². The number of anilines is 1. The van der Waals surface area contributed by atoms with Gasteiger partial charge in [-0.1, -0.05) is 6.07 Å². The van der Waals surface area contributed by atoms with Crippen LogP contribution in [0.1, 0.15) is 38.2 Å². The van der Waals surface area contributed by atoms with Crippen LogP contribution < -0.4 is 4.90 Å². The summed E-state index contributed by atoms with van der Waals surface area (Å²) in [4.78, 5) is 13.8. The fourth-order valence-electron chi connectivity index (χ4n) is 2.22. The number of hydrogen-bond donors (Lipinski definition) is 1. The van der Waals surface area contributed by atoms with Gasteiger partial charge in [0, 0.05) is 19.2 Å². The van der Waals surface area contributed by atoms with Gasteiger partial charge in [0.25, 0.3) is 0 Å². The van der Waals surface area contributed by atoms with Crippen molar-refractivity contribution in [1.29, 1.82) is 0 Å². The summed E-state index contributed by atoms with van der Waals surface area (Å²) < 4.78 is 10.3. The highest BCUT2D eigenvalue weighted by Gasteiger charge is 2.29. The minimum atomic E-state index is -0.934. The molecular formula is C15H21NO4. The first-order valence-corrected chi connectivity index (χ1v) is 6.66. The molecule has 2 rings (SSSR count). The predicted octanol–water partition coefficient (Wildman–Crippen LogP) is 2.62. The molecule has 20 heavy (non-hydrogen) atoms. The maximum Gasteiger partial charge on any atom is 0.414 e. The number of benzene rings is 1. The van der Waals surface area contributed by atoms with Crippen molar-refractivity contribution in [3.05, 3.63) is 29.3 Å². The van der Waals surface area contributed by atoms with Crippen LogP contribution in [0.3, 0.4) is 0 Å². The highest BCUT2D eigenvalue weighted by molar-refractivity contribution is 5.90. The Labute approximate surface area is 119 Å². The predicted molar refractivity (Wildman–Crippen MR) is 75.7 cm³/mol. The van der Waals surface area contributed by atoms with Crippen molar-refractivity contribution < 1.29 is 19.4 Å². The molecular weight excluding hydrogens is 258 g/mol. The first kappa shape index (κ1) is 14.8. The van der Waals surface area contributed by atoms with Crippen LogP contribution >= 0.6 is 0 Å². The highest BCUT2D eigenvalue weighted by atomic mass is 16.6. The second kappa shape index (κ2) is 5.42. The van der Waals surface area contributed by atoms with E-state index in [1.807, 2.05) is 32.9 Å². The maximum absolute atomic E-state index is 12.1. The number of ether oxygens (including phenoxy) is 2. The molecule has 0 fully saturated rings. The number of fused-ring (bicyclic) bond motifs is 1. The van der Waals surface area contributed by atoms with E-state index in [4.69, 9.17) is 9.47 Å². The molecule has 5 nitrogen and oxygen atoms in total. The molecule has 0 saturated heterocycles. The van der Waals surface area contributed by atoms with Gasteiger partial charge in [-0.25, -0.2) is 4.79 Å². The molecule has 0 spiro atoms. The van der Waals surface area contributed by atoms with Gasteiger partial charge in [-0.2, -0.15) is 0 Å². The van der Waals surface area contributed by atoms with Crippen LogP contribution in [0, 0.1) is 0 Å². The zero-order valence-corrected chi connectivity index (χ0v) is 12.3. The molecule has 0 aromatic heterocycles. The Morgan fingerprint density at radius 3 is 2.70 bits per heavy atom. The minimum absolute atomic E-state index is 0.337. The molecule has 1 aliphatic rings. The Bertz CT molecular complexity index is 507. The van der Waals surface area contributed by atoms with E-state index in [0.29, 0.717) is 12.1 Å². The molecule has 5 heteroatoms. The molecule has 1 amide bonds. The Hall–Kier alpha value is -1.59. The molecule has 1 aromatic carbocycles. The van der Waals surface area contributed by atoms with Gasteiger partial charge in [-0.3, -0.25) is 4.90 Å². The number of nitrogens with zero attached hydrogens (tertiary/aromatic N) is 1. The summed E-state index contributed by atoms with van der Waals surface area (Å²) in [6.07, 6.45) is -0.522. The van der Waals surface area contributed by atoms with Gasteiger partial charge in [0.2, 0.25) is 0 Å². The van der Waals surface area contributed by atoms with Gasteiger partial charge >= 0.3 is 6.09 Å². The summed E-state index contributed by atoms with van der Waals surface area (Å²) in [5.41, 5.74) is 2.04. The number of aliphatic hydroxyl groups is 1. The van der Waals surface area contributed by atoms with Crippen LogP contribution in [0.4, 0.5) is 10.5 Å². The van der Waals surface area contributed by atoms with E-state index in [0.717, 1.165) is 17.7 Å². The Balaban J connectivity index is 2.19. The van der Waals surface area contributed by atoms with Crippen molar-refractivity contribution in [3.63, 3.8) is 0 Å². The van der Waals surface area contributed by atoms with Gasteiger partial charge in [0.1, 0.15) is 5.60 Å². The van der Waals surface area contributed by atoms with E-state index in [-0.39, 0.29) is 6.09 Å². The lowest BCUT2D eigenvalue weighted by Crippen LogP contribution is -2.35. The molecule has 1 unspecified atom stereocenters. The quantitative estimate of drug-likeness (QED) is 0.845. The lowest BCUT2D eigenvalue weighted by molar-refractivity contribution is -0.0769. The van der Waals surface area contributed by atoms with Gasteiger partial charge in [0.15, 0.2) is 6.29 Å². The first-order chi connectivity index (χ1) is 9.31. The minimum Gasteiger partial charge on any atom is -0.443 e. The smallest absolute Gasteiger partial charge is 0.414 e. The molecule has 0 bridgehead atoms. The van der Waals surface area contributed by atoms with E-state index in [9.17, 15) is 9.90 Å². The lowest BCUT2D eigenvalue weighted by Gasteiger charge is -2.24. The van der Waals surface area contributed by atoms with Crippen molar-refractivity contribution in [1.82, 2.24) is 0 Å². The lowest BCUT2D eigenvalue weighted by atomic mass is 10.1. The standard InChI is InChI=1S/C15H21NO4/c1-15(2,3)20-14(18)16-8-7-10-9-11(13(17)19-4)5-6-12(10)16/h5-6,9,13,17H,7-8H2,1-4H3. The van der Waals surface area contributed by atoms with Crippen LogP contribution in [0.5, 0.6) is 0 Å². The Morgan fingerprint density at radius 1 is 1.40 bits per heavy atom. The number of amides is 1. The Kier molecular flexibility index (Phi) is 4.01. The third-order valence-corrected chi connectivity index (χ3v) is 3.12. The number of methoxy groups -OCH3 is 1. The molecule has 1 aliphatic heterocycles. The summed E-state index contributed by atoms with van der Waals surface area (Å²) >= 11 is 0. The van der Waals surface area contributed by atoms with Crippen molar-refractivity contribution >= 4 is 11.8 Å². The average molecular weight is 279 g/mol. The third kappa shape index (κ3) is 3.11. The zero-order valence-electron chi connectivity index (χ0n) is 12.3. The van der Waals surface area contributed by atoms with Gasteiger partial charge in [-0.15, -0.1) is 0 Å². The van der Waals surface area contributed by atoms with Crippen molar-refractivity contribution in [2.45, 2.75) is 39.1 Å². The summed E-state index contributed by atoms with van der Waals surface area (Å²) in [5, 5.41) is 9.66. The van der Waals surface area contributed by atoms with Crippen LogP contribution in [-0.4, -0.2) is 30.5 Å². The van der Waals surface area contributed by atoms with Crippen LogP contribution in [0.25, 0.3) is 0 Å². The zero-order chi connectivity index (χ0) is 14.9.